The van der Waals surface area contributed by atoms with E-state index in [1.165, 1.54) is 12.8 Å². The lowest BCUT2D eigenvalue weighted by atomic mass is 9.95. The van der Waals surface area contributed by atoms with Gasteiger partial charge in [-0.1, -0.05) is 0 Å². The number of rotatable bonds is 5. The van der Waals surface area contributed by atoms with Crippen molar-refractivity contribution in [2.45, 2.75) is 69.2 Å². The fourth-order valence-electron chi connectivity index (χ4n) is 3.88. The third-order valence-corrected chi connectivity index (χ3v) is 5.09. The second kappa shape index (κ2) is 6.50. The van der Waals surface area contributed by atoms with Crippen LogP contribution in [0.25, 0.3) is 0 Å². The number of hydrogen-bond acceptors (Lipinski definition) is 5. The number of fused-ring (bicyclic) bond motifs is 1. The molecule has 21 heavy (non-hydrogen) atoms. The van der Waals surface area contributed by atoms with Crippen molar-refractivity contribution >= 4 is 0 Å². The van der Waals surface area contributed by atoms with Crippen LogP contribution in [0.15, 0.2) is 0 Å². The minimum Gasteiger partial charge on any atom is -0.378 e. The summed E-state index contributed by atoms with van der Waals surface area (Å²) in [5.74, 6) is 0.478. The molecule has 4 aliphatic rings. The number of ether oxygens (including phenoxy) is 5. The quantitative estimate of drug-likeness (QED) is 0.725. The molecular weight excluding hydrogens is 272 g/mol. The van der Waals surface area contributed by atoms with Crippen LogP contribution >= 0.6 is 0 Å². The molecular formula is C16H26O5. The van der Waals surface area contributed by atoms with Gasteiger partial charge in [0.25, 0.3) is 0 Å². The molecule has 1 aliphatic carbocycles. The second-order valence-electron chi connectivity index (χ2n) is 6.67. The molecule has 0 aromatic carbocycles. The molecule has 120 valence electrons. The third-order valence-electron chi connectivity index (χ3n) is 5.09. The summed E-state index contributed by atoms with van der Waals surface area (Å²) in [7, 11) is 0. The van der Waals surface area contributed by atoms with Gasteiger partial charge in [-0.25, -0.2) is 0 Å². The minimum absolute atomic E-state index is 0.0489. The van der Waals surface area contributed by atoms with E-state index in [-0.39, 0.29) is 18.5 Å². The average Bonchev–Trinajstić information content (AvgIpc) is 3.28. The summed E-state index contributed by atoms with van der Waals surface area (Å²) in [4.78, 5) is 0. The average molecular weight is 298 g/mol. The van der Waals surface area contributed by atoms with E-state index in [0.717, 1.165) is 45.5 Å². The Hall–Kier alpha value is -0.200. The first-order valence-corrected chi connectivity index (χ1v) is 8.52. The van der Waals surface area contributed by atoms with Gasteiger partial charge in [-0.2, -0.15) is 0 Å². The maximum Gasteiger partial charge on any atom is 0.158 e. The SMILES string of the molecule is C1CCC(O[C@@H]2C[C@@H]3OCCC[C@@H]3[C@H]2OCC2CO2)OC1. The smallest absolute Gasteiger partial charge is 0.158 e. The lowest BCUT2D eigenvalue weighted by Crippen LogP contribution is -2.38. The topological polar surface area (TPSA) is 49.5 Å². The first-order chi connectivity index (χ1) is 10.4. The maximum absolute atomic E-state index is 6.24. The zero-order valence-corrected chi connectivity index (χ0v) is 12.6. The third kappa shape index (κ3) is 3.42. The van der Waals surface area contributed by atoms with Crippen LogP contribution in [0.4, 0.5) is 0 Å². The van der Waals surface area contributed by atoms with Gasteiger partial charge in [0.05, 0.1) is 31.5 Å². The minimum atomic E-state index is -0.0489. The van der Waals surface area contributed by atoms with E-state index in [0.29, 0.717) is 24.7 Å². The summed E-state index contributed by atoms with van der Waals surface area (Å²) in [5, 5.41) is 0. The van der Waals surface area contributed by atoms with Crippen molar-refractivity contribution < 1.29 is 23.7 Å². The Kier molecular flexibility index (Phi) is 4.46. The molecule has 6 atom stereocenters. The maximum atomic E-state index is 6.24. The molecule has 0 aromatic rings. The molecule has 0 N–H and O–H groups in total. The molecule has 5 nitrogen and oxygen atoms in total. The van der Waals surface area contributed by atoms with Gasteiger partial charge >= 0.3 is 0 Å². The van der Waals surface area contributed by atoms with Gasteiger partial charge in [-0.05, 0) is 32.1 Å². The van der Waals surface area contributed by atoms with Crippen LogP contribution in [0.5, 0.6) is 0 Å². The molecule has 3 aliphatic heterocycles. The van der Waals surface area contributed by atoms with Crippen molar-refractivity contribution in [3.05, 3.63) is 0 Å². The van der Waals surface area contributed by atoms with Gasteiger partial charge in [0.1, 0.15) is 6.10 Å². The molecule has 1 saturated carbocycles. The van der Waals surface area contributed by atoms with E-state index < -0.39 is 0 Å². The molecule has 4 fully saturated rings. The van der Waals surface area contributed by atoms with Crippen LogP contribution in [-0.2, 0) is 23.7 Å². The van der Waals surface area contributed by atoms with Crippen molar-refractivity contribution in [2.24, 2.45) is 5.92 Å². The van der Waals surface area contributed by atoms with Gasteiger partial charge in [-0.3, -0.25) is 0 Å². The van der Waals surface area contributed by atoms with Crippen molar-refractivity contribution in [3.63, 3.8) is 0 Å². The molecule has 2 unspecified atom stereocenters. The van der Waals surface area contributed by atoms with Crippen LogP contribution in [-0.4, -0.2) is 57.1 Å². The van der Waals surface area contributed by atoms with Crippen molar-refractivity contribution in [2.75, 3.05) is 26.4 Å². The summed E-state index contributed by atoms with van der Waals surface area (Å²) >= 11 is 0. The zero-order chi connectivity index (χ0) is 14.1. The summed E-state index contributed by atoms with van der Waals surface area (Å²) < 4.78 is 29.4. The van der Waals surface area contributed by atoms with Crippen molar-refractivity contribution in [1.82, 2.24) is 0 Å². The van der Waals surface area contributed by atoms with E-state index in [1.54, 1.807) is 0 Å². The molecule has 3 heterocycles. The van der Waals surface area contributed by atoms with Crippen LogP contribution in [0.3, 0.4) is 0 Å². The Bertz CT molecular complexity index is 340. The number of epoxide rings is 1. The fourth-order valence-corrected chi connectivity index (χ4v) is 3.88. The highest BCUT2D eigenvalue weighted by atomic mass is 16.7. The summed E-state index contributed by atoms with van der Waals surface area (Å²) in [6.45, 7) is 3.24. The molecule has 0 amide bonds. The van der Waals surface area contributed by atoms with E-state index >= 15 is 0 Å². The standard InChI is InChI=1S/C16H26O5/c1-2-6-18-15(5-1)21-14-8-13-12(4-3-7-17-13)16(14)20-10-11-9-19-11/h11-16H,1-10H2/t11?,12-,13-,14+,15?,16+/m0/s1. The Labute approximate surface area is 126 Å². The monoisotopic (exact) mass is 298 g/mol. The first kappa shape index (κ1) is 14.4. The normalized spacial score (nSPS) is 46.3. The summed E-state index contributed by atoms with van der Waals surface area (Å²) in [6, 6.07) is 0. The Morgan fingerprint density at radius 3 is 2.67 bits per heavy atom. The first-order valence-electron chi connectivity index (χ1n) is 8.52. The molecule has 4 rings (SSSR count). The van der Waals surface area contributed by atoms with Crippen molar-refractivity contribution in [3.8, 4) is 0 Å². The zero-order valence-electron chi connectivity index (χ0n) is 12.6. The van der Waals surface area contributed by atoms with E-state index in [9.17, 15) is 0 Å². The second-order valence-corrected chi connectivity index (χ2v) is 6.67. The predicted octanol–water partition coefficient (Wildman–Crippen LogP) is 1.88. The molecule has 0 bridgehead atoms. The van der Waals surface area contributed by atoms with Gasteiger partial charge in [0.2, 0.25) is 0 Å². The van der Waals surface area contributed by atoms with E-state index in [1.807, 2.05) is 0 Å². The van der Waals surface area contributed by atoms with Crippen LogP contribution in [0, 0.1) is 5.92 Å². The lowest BCUT2D eigenvalue weighted by molar-refractivity contribution is -0.209. The van der Waals surface area contributed by atoms with E-state index in [2.05, 4.69) is 0 Å². The lowest BCUT2D eigenvalue weighted by Gasteiger charge is -2.31. The molecule has 0 radical (unpaired) electrons. The highest BCUT2D eigenvalue weighted by molar-refractivity contribution is 4.96. The van der Waals surface area contributed by atoms with Gasteiger partial charge in [0, 0.05) is 25.6 Å². The molecule has 0 spiro atoms. The summed E-state index contributed by atoms with van der Waals surface area (Å²) in [5.41, 5.74) is 0. The molecule has 0 aromatic heterocycles. The van der Waals surface area contributed by atoms with Gasteiger partial charge in [0.15, 0.2) is 6.29 Å². The van der Waals surface area contributed by atoms with Crippen molar-refractivity contribution in [1.29, 1.82) is 0 Å². The highest BCUT2D eigenvalue weighted by Gasteiger charge is 2.48. The molecule has 5 heteroatoms. The van der Waals surface area contributed by atoms with Gasteiger partial charge in [-0.15, -0.1) is 0 Å². The van der Waals surface area contributed by atoms with Crippen LogP contribution in [0.1, 0.15) is 38.5 Å². The fraction of sp³-hybridized carbons (Fsp3) is 1.00. The van der Waals surface area contributed by atoms with Gasteiger partial charge < -0.3 is 23.7 Å². The Morgan fingerprint density at radius 1 is 0.952 bits per heavy atom. The molecule has 3 saturated heterocycles. The Morgan fingerprint density at radius 2 is 1.86 bits per heavy atom. The number of hydrogen-bond donors (Lipinski definition) is 0. The Balaban J connectivity index is 1.38. The largest absolute Gasteiger partial charge is 0.378 e. The van der Waals surface area contributed by atoms with E-state index in [4.69, 9.17) is 23.7 Å². The van der Waals surface area contributed by atoms with Crippen LogP contribution < -0.4 is 0 Å². The van der Waals surface area contributed by atoms with Crippen LogP contribution in [0.2, 0.25) is 0 Å². The summed E-state index contributed by atoms with van der Waals surface area (Å²) in [6.07, 6.45) is 7.43. The predicted molar refractivity (Wildman–Crippen MR) is 75.0 cm³/mol. The highest BCUT2D eigenvalue weighted by Crippen LogP contribution is 2.40.